The molecule has 2 aliphatic heterocycles. The maximum absolute atomic E-state index is 13.5. The zero-order valence-electron chi connectivity index (χ0n) is 40.7. The standard InChI is InChI=1S/C25H21F3N4O4S.C17H10BrF3N4O2S.C8H11BO2.2CH4.2H2O/c26-25(27,28)32-15-19(14-30-32)22-16-31(37(33,34)20-4-2-1-3-5-20)23-21(22)12-18(13-29-23)17-6-8-24(9-7-17)35-10-11-36-24;18-12-6-14-15(11-7-23-25(9-11)17(19,20)21)10-24(16(14)22-8-12)28(26,27)13-4-2-1-3-5-13;9-7-1-3-8(4-2-7)10-5-6-11-8;;;;/h1-6,12-16H,7-11H2;1-10H;1H,2-6H2;2*1H4;2*1H2. The van der Waals surface area contributed by atoms with Crippen LogP contribution in [0.2, 0.25) is 0 Å². The summed E-state index contributed by atoms with van der Waals surface area (Å²) >= 11 is 3.26. The molecule has 0 saturated carbocycles. The molecule has 0 atom stereocenters. The Morgan fingerprint density at radius 3 is 1.39 bits per heavy atom. The number of hydrogen-bond acceptors (Lipinski definition) is 12. The first-order valence-corrected chi connectivity index (χ1v) is 27.1. The molecule has 2 radical (unpaired) electrons. The van der Waals surface area contributed by atoms with Gasteiger partial charge in [0.2, 0.25) is 0 Å². The van der Waals surface area contributed by atoms with Crippen molar-refractivity contribution in [2.75, 3.05) is 26.4 Å². The third-order valence-electron chi connectivity index (χ3n) is 13.0. The highest BCUT2D eigenvalue weighted by atomic mass is 79.9. The van der Waals surface area contributed by atoms with Gasteiger partial charge in [0.1, 0.15) is 7.85 Å². The second-order valence-electron chi connectivity index (χ2n) is 17.8. The summed E-state index contributed by atoms with van der Waals surface area (Å²) in [6.07, 6.45) is 8.43. The summed E-state index contributed by atoms with van der Waals surface area (Å²) in [4.78, 5) is 8.70. The first-order chi connectivity index (χ1) is 36.1. The smallest absolute Gasteiger partial charge is 0.412 e. The van der Waals surface area contributed by atoms with Crippen molar-refractivity contribution < 1.29 is 73.1 Å². The van der Waals surface area contributed by atoms with Gasteiger partial charge >= 0.3 is 12.6 Å². The van der Waals surface area contributed by atoms with Gasteiger partial charge in [-0.1, -0.05) is 63.4 Å². The van der Waals surface area contributed by atoms with Crippen molar-refractivity contribution in [3.05, 3.63) is 150 Å². The van der Waals surface area contributed by atoms with Crippen LogP contribution in [0, 0.1) is 0 Å². The fourth-order valence-electron chi connectivity index (χ4n) is 9.16. The van der Waals surface area contributed by atoms with Crippen LogP contribution in [-0.2, 0) is 51.6 Å². The average molecular weight is 1220 g/mol. The number of ether oxygens (including phenoxy) is 4. The highest BCUT2D eigenvalue weighted by Gasteiger charge is 2.39. The van der Waals surface area contributed by atoms with E-state index in [4.69, 9.17) is 26.8 Å². The van der Waals surface area contributed by atoms with Crippen LogP contribution in [0.5, 0.6) is 0 Å². The molecule has 18 nitrogen and oxygen atoms in total. The van der Waals surface area contributed by atoms with Crippen LogP contribution >= 0.6 is 15.9 Å². The van der Waals surface area contributed by atoms with E-state index in [9.17, 15) is 43.2 Å². The monoisotopic (exact) mass is 1220 g/mol. The molecule has 28 heteroatoms. The number of hydrogen-bond donors (Lipinski definition) is 0. The lowest BCUT2D eigenvalue weighted by molar-refractivity contribution is -0.213. The van der Waals surface area contributed by atoms with E-state index in [1.54, 1.807) is 54.7 Å². The zero-order chi connectivity index (χ0) is 53.7. The van der Waals surface area contributed by atoms with Gasteiger partial charge in [-0.15, -0.1) is 31.8 Å². The molecule has 0 bridgehead atoms. The van der Waals surface area contributed by atoms with Crippen molar-refractivity contribution in [2.24, 2.45) is 0 Å². The van der Waals surface area contributed by atoms with E-state index >= 15 is 0 Å². The van der Waals surface area contributed by atoms with Gasteiger partial charge in [0.25, 0.3) is 20.0 Å². The predicted octanol–water partition coefficient (Wildman–Crippen LogP) is 9.89. The van der Waals surface area contributed by atoms with Crippen LogP contribution in [0.4, 0.5) is 26.3 Å². The molecule has 8 aromatic rings. The van der Waals surface area contributed by atoms with Gasteiger partial charge in [0.05, 0.1) is 48.6 Å². The van der Waals surface area contributed by atoms with E-state index in [0.717, 1.165) is 81.8 Å². The fraction of sp³-hybridized carbons (Fsp3) is 0.308. The van der Waals surface area contributed by atoms with Crippen molar-refractivity contribution in [3.8, 4) is 22.3 Å². The number of nitrogens with zero attached hydrogens (tertiary/aromatic N) is 8. The Balaban J connectivity index is 0.000000212. The summed E-state index contributed by atoms with van der Waals surface area (Å²) < 4.78 is 156. The lowest BCUT2D eigenvalue weighted by Crippen LogP contribution is -2.31. The Bertz CT molecular complexity index is 3750. The number of alkyl halides is 6. The van der Waals surface area contributed by atoms with E-state index in [1.165, 1.54) is 42.9 Å². The van der Waals surface area contributed by atoms with E-state index in [-0.39, 0.29) is 84.3 Å². The van der Waals surface area contributed by atoms with E-state index in [0.29, 0.717) is 47.7 Å². The summed E-state index contributed by atoms with van der Waals surface area (Å²) in [5.74, 6) is -0.908. The molecular formula is C52H54BBrF6N8O10S2. The molecule has 2 spiro atoms. The Morgan fingerprint density at radius 2 is 0.988 bits per heavy atom. The minimum absolute atomic E-state index is 0. The topological polar surface area (TPSA) is 239 Å². The van der Waals surface area contributed by atoms with Gasteiger partial charge < -0.3 is 29.9 Å². The number of aromatic nitrogens is 8. The molecule has 0 amide bonds. The lowest BCUT2D eigenvalue weighted by atomic mass is 9.83. The fourth-order valence-corrected chi connectivity index (χ4v) is 12.2. The van der Waals surface area contributed by atoms with Gasteiger partial charge in [-0.25, -0.2) is 34.7 Å². The number of halogens is 7. The largest absolute Gasteiger partial charge is 0.504 e. The van der Waals surface area contributed by atoms with Crippen molar-refractivity contribution in [1.29, 1.82) is 0 Å². The van der Waals surface area contributed by atoms with Crippen LogP contribution in [0.3, 0.4) is 0 Å². The Morgan fingerprint density at radius 1 is 0.562 bits per heavy atom. The Labute approximate surface area is 465 Å². The summed E-state index contributed by atoms with van der Waals surface area (Å²) in [5, 5.41) is 7.52. The lowest BCUT2D eigenvalue weighted by Gasteiger charge is -2.30. The highest BCUT2D eigenvalue weighted by Crippen LogP contribution is 2.41. The number of fused-ring (bicyclic) bond motifs is 2. The highest BCUT2D eigenvalue weighted by molar-refractivity contribution is 9.10. The molecule has 8 heterocycles. The molecule has 2 fully saturated rings. The molecule has 426 valence electrons. The summed E-state index contributed by atoms with van der Waals surface area (Å²) in [5.41, 5.74) is 3.67. The molecule has 4 aliphatic rings. The molecule has 0 unspecified atom stereocenters. The van der Waals surface area contributed by atoms with Crippen LogP contribution in [0.25, 0.3) is 49.9 Å². The summed E-state index contributed by atoms with van der Waals surface area (Å²) in [7, 11) is -2.43. The molecule has 80 heavy (non-hydrogen) atoms. The number of benzene rings is 2. The van der Waals surface area contributed by atoms with Crippen LogP contribution in [0.15, 0.2) is 154 Å². The maximum Gasteiger partial charge on any atom is 0.504 e. The van der Waals surface area contributed by atoms with Crippen LogP contribution < -0.4 is 0 Å². The first-order valence-electron chi connectivity index (χ1n) is 23.4. The van der Waals surface area contributed by atoms with Gasteiger partial charge in [-0.3, -0.25) is 0 Å². The number of pyridine rings is 2. The van der Waals surface area contributed by atoms with Crippen molar-refractivity contribution in [2.45, 2.75) is 87.3 Å². The van der Waals surface area contributed by atoms with Gasteiger partial charge in [-0.05, 0) is 76.3 Å². The van der Waals surface area contributed by atoms with E-state index in [1.807, 2.05) is 12.2 Å². The Hall–Kier alpha value is -6.50. The molecule has 6 aromatic heterocycles. The summed E-state index contributed by atoms with van der Waals surface area (Å²) in [6, 6.07) is 18.9. The van der Waals surface area contributed by atoms with Crippen LogP contribution in [-0.4, -0.2) is 111 Å². The SMILES string of the molecule is C.C.O.O.O=S(=O)(c1ccccc1)n1cc(-c2cnn(C(F)(F)F)c2)c2cc(Br)cnc21.O=S(=O)(c1ccccc1)n1cc(-c2cnn(C(F)(F)F)c2)c2cc(C3=CCC4(CC3)OCCO4)cnc21.[B]C1=CCC2(CC1)OCCO2. The van der Waals surface area contributed by atoms with Gasteiger partial charge in [0, 0.05) is 100 Å². The molecule has 12 rings (SSSR count). The molecule has 2 saturated heterocycles. The van der Waals surface area contributed by atoms with Gasteiger partial charge in [0.15, 0.2) is 22.9 Å². The second-order valence-corrected chi connectivity index (χ2v) is 22.4. The predicted molar refractivity (Wildman–Crippen MR) is 290 cm³/mol. The van der Waals surface area contributed by atoms with E-state index in [2.05, 4.69) is 36.1 Å². The second kappa shape index (κ2) is 24.3. The van der Waals surface area contributed by atoms with Crippen molar-refractivity contribution in [3.63, 3.8) is 0 Å². The number of rotatable bonds is 7. The maximum atomic E-state index is 13.5. The van der Waals surface area contributed by atoms with Crippen molar-refractivity contribution >= 4 is 71.5 Å². The third-order valence-corrected chi connectivity index (χ3v) is 16.8. The first kappa shape index (κ1) is 62.7. The zero-order valence-corrected chi connectivity index (χ0v) is 43.9. The Kier molecular flexibility index (Phi) is 19.0. The minimum Gasteiger partial charge on any atom is -0.412 e. The third kappa shape index (κ3) is 12.7. The van der Waals surface area contributed by atoms with Gasteiger partial charge in [-0.2, -0.15) is 19.6 Å². The summed E-state index contributed by atoms with van der Waals surface area (Å²) in [6.45, 7) is 2.56. The quantitative estimate of drug-likeness (QED) is 0.107. The molecule has 2 aliphatic carbocycles. The molecule has 2 aromatic carbocycles. The minimum atomic E-state index is -4.70. The number of allylic oxidation sites excluding steroid dienone is 2. The molecular weight excluding hydrogens is 1170 g/mol. The molecule has 4 N–H and O–H groups in total. The average Bonchev–Trinajstić information content (AvgIpc) is 4.32. The van der Waals surface area contributed by atoms with E-state index < -0.39 is 38.4 Å². The van der Waals surface area contributed by atoms with Crippen LogP contribution in [0.1, 0.15) is 58.9 Å². The normalized spacial score (nSPS) is 16.7. The van der Waals surface area contributed by atoms with Crippen molar-refractivity contribution in [1.82, 2.24) is 37.5 Å².